The van der Waals surface area contributed by atoms with Crippen molar-refractivity contribution in [2.45, 2.75) is 13.3 Å². The van der Waals surface area contributed by atoms with Crippen LogP contribution in [0.3, 0.4) is 0 Å². The van der Waals surface area contributed by atoms with E-state index in [1.807, 2.05) is 12.1 Å². The van der Waals surface area contributed by atoms with Crippen LogP contribution in [0.5, 0.6) is 0 Å². The predicted molar refractivity (Wildman–Crippen MR) is 71.4 cm³/mol. The van der Waals surface area contributed by atoms with Crippen molar-refractivity contribution in [3.05, 3.63) is 35.7 Å². The van der Waals surface area contributed by atoms with Crippen LogP contribution in [0.2, 0.25) is 0 Å². The molecule has 2 heterocycles. The second-order valence-electron chi connectivity index (χ2n) is 3.67. The average Bonchev–Trinajstić information content (AvgIpc) is 2.75. The van der Waals surface area contributed by atoms with Gasteiger partial charge in [0.25, 0.3) is 0 Å². The van der Waals surface area contributed by atoms with Gasteiger partial charge in [0.2, 0.25) is 5.89 Å². The molecule has 7 heteroatoms. The van der Waals surface area contributed by atoms with E-state index in [0.717, 1.165) is 5.69 Å². The van der Waals surface area contributed by atoms with Gasteiger partial charge < -0.3 is 15.6 Å². The zero-order valence-corrected chi connectivity index (χ0v) is 10.7. The first kappa shape index (κ1) is 12.4. The van der Waals surface area contributed by atoms with Gasteiger partial charge in [-0.1, -0.05) is 17.4 Å². The summed E-state index contributed by atoms with van der Waals surface area (Å²) >= 11 is 4.93. The van der Waals surface area contributed by atoms with Crippen LogP contribution in [0.15, 0.2) is 22.9 Å². The summed E-state index contributed by atoms with van der Waals surface area (Å²) < 4.78 is 4.89. The first-order chi connectivity index (χ1) is 8.66. The molecule has 2 aromatic heterocycles. The molecule has 0 aliphatic carbocycles. The van der Waals surface area contributed by atoms with Crippen molar-refractivity contribution in [3.63, 3.8) is 0 Å². The number of pyridine rings is 1. The number of hydrogen-bond acceptors (Lipinski definition) is 6. The molecule has 0 fully saturated rings. The summed E-state index contributed by atoms with van der Waals surface area (Å²) in [5.74, 6) is 1.23. The maximum Gasteiger partial charge on any atom is 0.223 e. The van der Waals surface area contributed by atoms with Crippen molar-refractivity contribution in [1.29, 1.82) is 0 Å². The molecule has 3 N–H and O–H groups in total. The summed E-state index contributed by atoms with van der Waals surface area (Å²) in [7, 11) is 0. The van der Waals surface area contributed by atoms with Gasteiger partial charge in [-0.2, -0.15) is 4.98 Å². The maximum absolute atomic E-state index is 5.59. The SMILES string of the molecule is Cc1nc(CCNc2cccnc2C(N)=S)no1. The fraction of sp³-hybridized carbons (Fsp3) is 0.273. The minimum atomic E-state index is 0.272. The van der Waals surface area contributed by atoms with Crippen molar-refractivity contribution in [1.82, 2.24) is 15.1 Å². The van der Waals surface area contributed by atoms with Crippen molar-refractivity contribution in [2.75, 3.05) is 11.9 Å². The lowest BCUT2D eigenvalue weighted by Crippen LogP contribution is -2.16. The molecule has 0 saturated carbocycles. The zero-order valence-electron chi connectivity index (χ0n) is 9.88. The van der Waals surface area contributed by atoms with Gasteiger partial charge in [0.1, 0.15) is 10.7 Å². The van der Waals surface area contributed by atoms with E-state index in [4.69, 9.17) is 22.5 Å². The summed E-state index contributed by atoms with van der Waals surface area (Å²) in [6.07, 6.45) is 2.31. The fourth-order valence-electron chi connectivity index (χ4n) is 1.50. The Bertz CT molecular complexity index is 554. The molecule has 0 amide bonds. The molecular weight excluding hydrogens is 250 g/mol. The number of aromatic nitrogens is 3. The molecule has 18 heavy (non-hydrogen) atoms. The molecular formula is C11H13N5OS. The number of nitrogens with two attached hydrogens (primary N) is 1. The highest BCUT2D eigenvalue weighted by molar-refractivity contribution is 7.80. The predicted octanol–water partition coefficient (Wildman–Crippen LogP) is 1.06. The third-order valence-corrected chi connectivity index (χ3v) is 2.47. The largest absolute Gasteiger partial charge is 0.388 e. The second kappa shape index (κ2) is 5.54. The smallest absolute Gasteiger partial charge is 0.223 e. The Hall–Kier alpha value is -2.02. The van der Waals surface area contributed by atoms with E-state index >= 15 is 0 Å². The lowest BCUT2D eigenvalue weighted by Gasteiger charge is -2.08. The summed E-state index contributed by atoms with van der Waals surface area (Å²) in [5.41, 5.74) is 6.99. The third-order valence-electron chi connectivity index (χ3n) is 2.27. The Morgan fingerprint density at radius 3 is 3.06 bits per heavy atom. The van der Waals surface area contributed by atoms with Crippen LogP contribution < -0.4 is 11.1 Å². The lowest BCUT2D eigenvalue weighted by molar-refractivity contribution is 0.387. The quantitative estimate of drug-likeness (QED) is 0.779. The number of aryl methyl sites for hydroxylation is 1. The van der Waals surface area contributed by atoms with Gasteiger partial charge in [-0.25, -0.2) is 0 Å². The lowest BCUT2D eigenvalue weighted by atomic mass is 10.3. The van der Waals surface area contributed by atoms with Crippen molar-refractivity contribution < 1.29 is 4.52 Å². The number of anilines is 1. The van der Waals surface area contributed by atoms with Gasteiger partial charge >= 0.3 is 0 Å². The van der Waals surface area contributed by atoms with Crippen LogP contribution in [0.25, 0.3) is 0 Å². The van der Waals surface area contributed by atoms with Crippen LogP contribution >= 0.6 is 12.2 Å². The number of nitrogens with zero attached hydrogens (tertiary/aromatic N) is 3. The molecule has 0 saturated heterocycles. The molecule has 0 spiro atoms. The number of thiocarbonyl (C=S) groups is 1. The summed E-state index contributed by atoms with van der Waals surface area (Å²) in [5, 5.41) is 7.01. The number of hydrogen-bond donors (Lipinski definition) is 2. The average molecular weight is 263 g/mol. The molecule has 94 valence electrons. The highest BCUT2D eigenvalue weighted by atomic mass is 32.1. The van der Waals surface area contributed by atoms with Crippen molar-refractivity contribution in [2.24, 2.45) is 5.73 Å². The molecule has 2 aromatic rings. The molecule has 0 atom stereocenters. The highest BCUT2D eigenvalue weighted by Crippen LogP contribution is 2.11. The minimum Gasteiger partial charge on any atom is -0.388 e. The van der Waals surface area contributed by atoms with E-state index in [1.165, 1.54) is 0 Å². The molecule has 0 aromatic carbocycles. The number of rotatable bonds is 5. The Balaban J connectivity index is 1.96. The van der Waals surface area contributed by atoms with Crippen molar-refractivity contribution in [3.8, 4) is 0 Å². The van der Waals surface area contributed by atoms with Crippen LogP contribution in [0.4, 0.5) is 5.69 Å². The molecule has 0 aliphatic heterocycles. The standard InChI is InChI=1S/C11H13N5OS/c1-7-15-9(16-17-7)4-6-13-8-3-2-5-14-10(8)11(12)18/h2-3,5,13H,4,6H2,1H3,(H2,12,18). The molecule has 0 radical (unpaired) electrons. The summed E-state index contributed by atoms with van der Waals surface area (Å²) in [6, 6.07) is 3.70. The highest BCUT2D eigenvalue weighted by Gasteiger charge is 2.06. The van der Waals surface area contributed by atoms with E-state index in [9.17, 15) is 0 Å². The maximum atomic E-state index is 5.59. The van der Waals surface area contributed by atoms with Crippen LogP contribution in [-0.2, 0) is 6.42 Å². The van der Waals surface area contributed by atoms with Gasteiger partial charge in [0.15, 0.2) is 5.82 Å². The van der Waals surface area contributed by atoms with Crippen LogP contribution in [0, 0.1) is 6.92 Å². The number of nitrogens with one attached hydrogen (secondary N) is 1. The van der Waals surface area contributed by atoms with E-state index in [1.54, 1.807) is 13.1 Å². The molecule has 0 unspecified atom stereocenters. The van der Waals surface area contributed by atoms with E-state index in [0.29, 0.717) is 30.4 Å². The molecule has 0 aliphatic rings. The van der Waals surface area contributed by atoms with Gasteiger partial charge in [-0.15, -0.1) is 0 Å². The first-order valence-corrected chi connectivity index (χ1v) is 5.85. The Labute approximate surface area is 110 Å². The Morgan fingerprint density at radius 1 is 1.56 bits per heavy atom. The molecule has 0 bridgehead atoms. The Kier molecular flexibility index (Phi) is 3.83. The topological polar surface area (TPSA) is 89.9 Å². The van der Waals surface area contributed by atoms with Gasteiger partial charge in [0.05, 0.1) is 5.69 Å². The van der Waals surface area contributed by atoms with E-state index in [-0.39, 0.29) is 4.99 Å². The van der Waals surface area contributed by atoms with Crippen LogP contribution in [-0.4, -0.2) is 26.7 Å². The minimum absolute atomic E-state index is 0.272. The van der Waals surface area contributed by atoms with E-state index < -0.39 is 0 Å². The first-order valence-electron chi connectivity index (χ1n) is 5.44. The van der Waals surface area contributed by atoms with Crippen molar-refractivity contribution >= 4 is 22.9 Å². The van der Waals surface area contributed by atoms with E-state index in [2.05, 4.69) is 20.4 Å². The Morgan fingerprint density at radius 2 is 2.39 bits per heavy atom. The third kappa shape index (κ3) is 3.01. The van der Waals surface area contributed by atoms with Crippen LogP contribution in [0.1, 0.15) is 17.4 Å². The summed E-state index contributed by atoms with van der Waals surface area (Å²) in [4.78, 5) is 8.52. The zero-order chi connectivity index (χ0) is 13.0. The van der Waals surface area contributed by atoms with Gasteiger partial charge in [0, 0.05) is 26.1 Å². The normalized spacial score (nSPS) is 10.3. The molecule has 2 rings (SSSR count). The second-order valence-corrected chi connectivity index (χ2v) is 4.11. The monoisotopic (exact) mass is 263 g/mol. The molecule has 6 nitrogen and oxygen atoms in total. The van der Waals surface area contributed by atoms with Gasteiger partial charge in [-0.05, 0) is 12.1 Å². The summed E-state index contributed by atoms with van der Waals surface area (Å²) in [6.45, 7) is 2.41. The van der Waals surface area contributed by atoms with Gasteiger partial charge in [-0.3, -0.25) is 4.98 Å². The fourth-order valence-corrected chi connectivity index (χ4v) is 1.66.